The second-order valence-electron chi connectivity index (χ2n) is 5.98. The van der Waals surface area contributed by atoms with E-state index in [1.165, 1.54) is 5.56 Å². The molecular weight excluding hydrogens is 270 g/mol. The minimum atomic E-state index is 0.148. The standard InChI is InChI=1S/C17H20ClNO/c1-12-9-13(10-18)11-19-16(12)20-15-7-5-14(6-8-15)17(2,3)4/h5-9,11H,10H2,1-4H3. The molecule has 0 saturated carbocycles. The number of alkyl halides is 1. The maximum Gasteiger partial charge on any atom is 0.222 e. The van der Waals surface area contributed by atoms with E-state index < -0.39 is 0 Å². The summed E-state index contributed by atoms with van der Waals surface area (Å²) in [6.07, 6.45) is 1.75. The van der Waals surface area contributed by atoms with Crippen LogP contribution < -0.4 is 4.74 Å². The topological polar surface area (TPSA) is 22.1 Å². The monoisotopic (exact) mass is 289 g/mol. The first-order valence-corrected chi connectivity index (χ1v) is 7.23. The lowest BCUT2D eigenvalue weighted by atomic mass is 9.87. The summed E-state index contributed by atoms with van der Waals surface area (Å²) in [5.74, 6) is 1.89. The van der Waals surface area contributed by atoms with Crippen LogP contribution in [0.15, 0.2) is 36.5 Å². The summed E-state index contributed by atoms with van der Waals surface area (Å²) < 4.78 is 5.82. The number of benzene rings is 1. The van der Waals surface area contributed by atoms with Gasteiger partial charge in [0, 0.05) is 17.6 Å². The molecule has 2 nitrogen and oxygen atoms in total. The highest BCUT2D eigenvalue weighted by molar-refractivity contribution is 6.17. The SMILES string of the molecule is Cc1cc(CCl)cnc1Oc1ccc(C(C)(C)C)cc1. The van der Waals surface area contributed by atoms with Gasteiger partial charge >= 0.3 is 0 Å². The predicted molar refractivity (Wildman–Crippen MR) is 83.7 cm³/mol. The lowest BCUT2D eigenvalue weighted by molar-refractivity contribution is 0.457. The molecule has 2 rings (SSSR count). The number of hydrogen-bond donors (Lipinski definition) is 0. The molecule has 20 heavy (non-hydrogen) atoms. The summed E-state index contributed by atoms with van der Waals surface area (Å²) in [6, 6.07) is 10.2. The van der Waals surface area contributed by atoms with E-state index in [2.05, 4.69) is 37.9 Å². The molecule has 1 heterocycles. The van der Waals surface area contributed by atoms with Gasteiger partial charge in [0.1, 0.15) is 5.75 Å². The van der Waals surface area contributed by atoms with E-state index in [1.54, 1.807) is 6.20 Å². The van der Waals surface area contributed by atoms with E-state index in [-0.39, 0.29) is 5.41 Å². The minimum absolute atomic E-state index is 0.148. The number of halogens is 1. The van der Waals surface area contributed by atoms with Crippen molar-refractivity contribution in [3.63, 3.8) is 0 Å². The number of pyridine rings is 1. The maximum absolute atomic E-state index is 5.82. The van der Waals surface area contributed by atoms with E-state index in [9.17, 15) is 0 Å². The molecule has 0 spiro atoms. The van der Waals surface area contributed by atoms with Crippen molar-refractivity contribution in [2.24, 2.45) is 0 Å². The second-order valence-corrected chi connectivity index (χ2v) is 6.24. The Kier molecular flexibility index (Phi) is 4.34. The van der Waals surface area contributed by atoms with E-state index in [0.29, 0.717) is 11.8 Å². The number of ether oxygens (including phenoxy) is 1. The number of aryl methyl sites for hydroxylation is 1. The summed E-state index contributed by atoms with van der Waals surface area (Å²) in [5, 5.41) is 0. The van der Waals surface area contributed by atoms with Crippen LogP contribution in [0.1, 0.15) is 37.5 Å². The lowest BCUT2D eigenvalue weighted by Gasteiger charge is -2.19. The fraction of sp³-hybridized carbons (Fsp3) is 0.353. The molecular formula is C17H20ClNO. The van der Waals surface area contributed by atoms with E-state index >= 15 is 0 Å². The Morgan fingerprint density at radius 2 is 1.80 bits per heavy atom. The van der Waals surface area contributed by atoms with Gasteiger partial charge in [0.2, 0.25) is 5.88 Å². The second kappa shape index (κ2) is 5.84. The van der Waals surface area contributed by atoms with Crippen LogP contribution in [-0.2, 0) is 11.3 Å². The summed E-state index contributed by atoms with van der Waals surface area (Å²) in [7, 11) is 0. The van der Waals surface area contributed by atoms with Crippen molar-refractivity contribution in [2.75, 3.05) is 0 Å². The smallest absolute Gasteiger partial charge is 0.222 e. The van der Waals surface area contributed by atoms with Crippen molar-refractivity contribution in [2.45, 2.75) is 39.0 Å². The maximum atomic E-state index is 5.82. The van der Waals surface area contributed by atoms with Gasteiger partial charge in [0.25, 0.3) is 0 Å². The first-order valence-electron chi connectivity index (χ1n) is 6.70. The lowest BCUT2D eigenvalue weighted by Crippen LogP contribution is -2.10. The van der Waals surface area contributed by atoms with Gasteiger partial charge in [0.15, 0.2) is 0 Å². The number of aromatic nitrogens is 1. The molecule has 0 fully saturated rings. The van der Waals surface area contributed by atoms with Crippen LogP contribution in [0.2, 0.25) is 0 Å². The molecule has 0 unspecified atom stereocenters. The molecule has 0 N–H and O–H groups in total. The summed E-state index contributed by atoms with van der Waals surface area (Å²) in [4.78, 5) is 4.31. The highest BCUT2D eigenvalue weighted by Gasteiger charge is 2.13. The molecule has 106 valence electrons. The number of nitrogens with zero attached hydrogens (tertiary/aromatic N) is 1. The van der Waals surface area contributed by atoms with Gasteiger partial charge < -0.3 is 4.74 Å². The molecule has 1 aromatic carbocycles. The zero-order valence-electron chi connectivity index (χ0n) is 12.4. The first-order chi connectivity index (χ1) is 9.40. The molecule has 0 saturated heterocycles. The minimum Gasteiger partial charge on any atom is -0.439 e. The molecule has 1 aromatic heterocycles. The van der Waals surface area contributed by atoms with Gasteiger partial charge in [-0.2, -0.15) is 0 Å². The van der Waals surface area contributed by atoms with Crippen LogP contribution in [0.5, 0.6) is 11.6 Å². The normalized spacial score (nSPS) is 11.4. The van der Waals surface area contributed by atoms with Crippen LogP contribution in [0, 0.1) is 6.92 Å². The zero-order chi connectivity index (χ0) is 14.8. The Balaban J connectivity index is 2.18. The molecule has 0 aliphatic rings. The number of hydrogen-bond acceptors (Lipinski definition) is 2. The van der Waals surface area contributed by atoms with Gasteiger partial charge in [-0.1, -0.05) is 32.9 Å². The molecule has 0 bridgehead atoms. The fourth-order valence-electron chi connectivity index (χ4n) is 1.93. The fourth-order valence-corrected chi connectivity index (χ4v) is 2.08. The van der Waals surface area contributed by atoms with E-state index in [0.717, 1.165) is 16.9 Å². The van der Waals surface area contributed by atoms with Gasteiger partial charge in [-0.15, -0.1) is 11.6 Å². The van der Waals surface area contributed by atoms with Crippen molar-refractivity contribution >= 4 is 11.6 Å². The van der Waals surface area contributed by atoms with Crippen molar-refractivity contribution in [3.8, 4) is 11.6 Å². The first kappa shape index (κ1) is 14.9. The van der Waals surface area contributed by atoms with Gasteiger partial charge in [-0.05, 0) is 41.7 Å². The van der Waals surface area contributed by atoms with E-state index in [1.807, 2.05) is 25.1 Å². The van der Waals surface area contributed by atoms with Crippen molar-refractivity contribution in [3.05, 3.63) is 53.2 Å². The van der Waals surface area contributed by atoms with Crippen molar-refractivity contribution in [1.29, 1.82) is 0 Å². The van der Waals surface area contributed by atoms with Crippen LogP contribution in [-0.4, -0.2) is 4.98 Å². The zero-order valence-corrected chi connectivity index (χ0v) is 13.2. The highest BCUT2D eigenvalue weighted by Crippen LogP contribution is 2.27. The summed E-state index contributed by atoms with van der Waals surface area (Å²) in [6.45, 7) is 8.56. The quantitative estimate of drug-likeness (QED) is 0.723. The molecule has 0 atom stereocenters. The third kappa shape index (κ3) is 3.51. The van der Waals surface area contributed by atoms with E-state index in [4.69, 9.17) is 16.3 Å². The molecule has 0 radical (unpaired) electrons. The van der Waals surface area contributed by atoms with Crippen LogP contribution >= 0.6 is 11.6 Å². The Morgan fingerprint density at radius 3 is 2.30 bits per heavy atom. The Hall–Kier alpha value is -1.54. The van der Waals surface area contributed by atoms with Gasteiger partial charge in [0.05, 0.1) is 0 Å². The summed E-state index contributed by atoms with van der Waals surface area (Å²) in [5.41, 5.74) is 3.42. The van der Waals surface area contributed by atoms with Gasteiger partial charge in [-0.3, -0.25) is 0 Å². The number of rotatable bonds is 3. The Labute approximate surface area is 125 Å². The van der Waals surface area contributed by atoms with Crippen LogP contribution in [0.3, 0.4) is 0 Å². The van der Waals surface area contributed by atoms with Crippen molar-refractivity contribution < 1.29 is 4.74 Å². The van der Waals surface area contributed by atoms with Crippen LogP contribution in [0.4, 0.5) is 0 Å². The van der Waals surface area contributed by atoms with Crippen molar-refractivity contribution in [1.82, 2.24) is 4.98 Å². The third-order valence-corrected chi connectivity index (χ3v) is 3.48. The van der Waals surface area contributed by atoms with Crippen LogP contribution in [0.25, 0.3) is 0 Å². The summed E-state index contributed by atoms with van der Waals surface area (Å²) >= 11 is 5.79. The third-order valence-electron chi connectivity index (χ3n) is 3.18. The molecule has 0 aliphatic heterocycles. The average molecular weight is 290 g/mol. The molecule has 2 aromatic rings. The average Bonchev–Trinajstić information content (AvgIpc) is 2.40. The molecule has 0 amide bonds. The largest absolute Gasteiger partial charge is 0.439 e. The highest BCUT2D eigenvalue weighted by atomic mass is 35.5. The van der Waals surface area contributed by atoms with Gasteiger partial charge in [-0.25, -0.2) is 4.98 Å². The molecule has 0 aliphatic carbocycles. The Bertz CT molecular complexity index is 585. The Morgan fingerprint density at radius 1 is 1.15 bits per heavy atom. The predicted octanol–water partition coefficient (Wildman–Crippen LogP) is 5.22. The molecule has 3 heteroatoms.